The van der Waals surface area contributed by atoms with Crippen LogP contribution in [-0.4, -0.2) is 26.2 Å². The van der Waals surface area contributed by atoms with E-state index in [-0.39, 0.29) is 11.5 Å². The van der Waals surface area contributed by atoms with Gasteiger partial charge in [0, 0.05) is 0 Å². The molecule has 1 aromatic carbocycles. The first-order valence-electron chi connectivity index (χ1n) is 4.88. The first kappa shape index (κ1) is 13.7. The summed E-state index contributed by atoms with van der Waals surface area (Å²) in [5.74, 6) is -2.21. The highest BCUT2D eigenvalue weighted by molar-refractivity contribution is 5.95. The highest BCUT2D eigenvalue weighted by Crippen LogP contribution is 2.15. The van der Waals surface area contributed by atoms with Crippen LogP contribution < -0.4 is 4.74 Å². The fourth-order valence-corrected chi connectivity index (χ4v) is 1.03. The maximum Gasteiger partial charge on any atom is 0.374 e. The van der Waals surface area contributed by atoms with E-state index in [0.29, 0.717) is 0 Å². The van der Waals surface area contributed by atoms with Crippen LogP contribution in [0.15, 0.2) is 36.1 Å². The van der Waals surface area contributed by atoms with Gasteiger partial charge in [0.2, 0.25) is 5.76 Å². The summed E-state index contributed by atoms with van der Waals surface area (Å²) < 4.78 is 26.6. The van der Waals surface area contributed by atoms with Gasteiger partial charge in [-0.15, -0.1) is 0 Å². The first-order valence-corrected chi connectivity index (χ1v) is 4.88. The summed E-state index contributed by atoms with van der Waals surface area (Å²) in [5.41, 5.74) is 0. The molecule has 1 rings (SSSR count). The predicted octanol–water partition coefficient (Wildman–Crippen LogP) is 1.43. The van der Waals surface area contributed by atoms with Crippen LogP contribution in [0.2, 0.25) is 0 Å². The lowest BCUT2D eigenvalue weighted by molar-refractivity contribution is -0.140. The van der Waals surface area contributed by atoms with Crippen LogP contribution in [0, 0.1) is 5.82 Å². The molecule has 0 aliphatic carbocycles. The molecule has 1 aromatic rings. The summed E-state index contributed by atoms with van der Waals surface area (Å²) in [6, 6.07) is 4.93. The number of benzene rings is 1. The van der Waals surface area contributed by atoms with E-state index >= 15 is 0 Å². The molecule has 0 amide bonds. The third kappa shape index (κ3) is 3.89. The minimum Gasteiger partial charge on any atom is -0.466 e. The zero-order valence-corrected chi connectivity index (χ0v) is 9.81. The molecule has 96 valence electrons. The van der Waals surface area contributed by atoms with E-state index in [2.05, 4.69) is 9.47 Å². The van der Waals surface area contributed by atoms with E-state index in [9.17, 15) is 14.0 Å². The fourth-order valence-electron chi connectivity index (χ4n) is 1.03. The highest BCUT2D eigenvalue weighted by atomic mass is 19.1. The molecule has 0 unspecified atom stereocenters. The first-order chi connectivity index (χ1) is 8.56. The van der Waals surface area contributed by atoms with Crippen LogP contribution in [0.5, 0.6) is 5.75 Å². The van der Waals surface area contributed by atoms with E-state index in [1.165, 1.54) is 12.1 Å². The molecule has 0 aliphatic rings. The Hall–Kier alpha value is -2.37. The zero-order valence-electron chi connectivity index (χ0n) is 9.81. The van der Waals surface area contributed by atoms with Crippen LogP contribution in [0.3, 0.4) is 0 Å². The number of rotatable bonds is 4. The Kier molecular flexibility index (Phi) is 4.86. The summed E-state index contributed by atoms with van der Waals surface area (Å²) in [5, 5.41) is 0. The number of hydrogen-bond acceptors (Lipinski definition) is 5. The van der Waals surface area contributed by atoms with Gasteiger partial charge < -0.3 is 14.2 Å². The molecule has 0 aliphatic heterocycles. The van der Waals surface area contributed by atoms with Crippen molar-refractivity contribution in [1.82, 2.24) is 0 Å². The smallest absolute Gasteiger partial charge is 0.374 e. The summed E-state index contributed by atoms with van der Waals surface area (Å²) >= 11 is 0. The Balaban J connectivity index is 2.91. The lowest BCUT2D eigenvalue weighted by Crippen LogP contribution is -2.13. The number of halogens is 1. The Labute approximate surface area is 103 Å². The summed E-state index contributed by atoms with van der Waals surface area (Å²) in [7, 11) is 2.30. The number of hydrogen-bond donors (Lipinski definition) is 0. The van der Waals surface area contributed by atoms with Crippen molar-refractivity contribution in [2.75, 3.05) is 14.2 Å². The minimum absolute atomic E-state index is 0.192. The Morgan fingerprint density at radius 2 is 1.72 bits per heavy atom. The van der Waals surface area contributed by atoms with Crippen LogP contribution in [-0.2, 0) is 19.1 Å². The van der Waals surface area contributed by atoms with Crippen LogP contribution in [0.4, 0.5) is 4.39 Å². The standard InChI is InChI=1S/C12H11FO5/c1-16-11(14)7-10(12(15)17-2)18-9-5-3-8(13)4-6-9/h3-7H,1-2H3. The van der Waals surface area contributed by atoms with Crippen LogP contribution in [0.25, 0.3) is 0 Å². The van der Waals surface area contributed by atoms with Gasteiger partial charge in [0.15, 0.2) is 0 Å². The average Bonchev–Trinajstić information content (AvgIpc) is 2.39. The van der Waals surface area contributed by atoms with Gasteiger partial charge in [-0.2, -0.15) is 0 Å². The molecule has 0 radical (unpaired) electrons. The molecular weight excluding hydrogens is 243 g/mol. The van der Waals surface area contributed by atoms with Gasteiger partial charge in [-0.05, 0) is 24.3 Å². The predicted molar refractivity (Wildman–Crippen MR) is 59.1 cm³/mol. The zero-order chi connectivity index (χ0) is 13.5. The number of esters is 2. The molecule has 6 heteroatoms. The van der Waals surface area contributed by atoms with Crippen molar-refractivity contribution in [3.8, 4) is 5.75 Å². The lowest BCUT2D eigenvalue weighted by Gasteiger charge is -2.07. The molecule has 0 bridgehead atoms. The van der Waals surface area contributed by atoms with Gasteiger partial charge in [-0.3, -0.25) is 0 Å². The van der Waals surface area contributed by atoms with E-state index in [1.807, 2.05) is 0 Å². The molecular formula is C12H11FO5. The van der Waals surface area contributed by atoms with Crippen LogP contribution in [0.1, 0.15) is 0 Å². The van der Waals surface area contributed by atoms with Crippen molar-refractivity contribution in [2.24, 2.45) is 0 Å². The second-order valence-electron chi connectivity index (χ2n) is 3.08. The second-order valence-corrected chi connectivity index (χ2v) is 3.08. The third-order valence-corrected chi connectivity index (χ3v) is 1.88. The highest BCUT2D eigenvalue weighted by Gasteiger charge is 2.15. The van der Waals surface area contributed by atoms with Gasteiger partial charge in [-0.1, -0.05) is 0 Å². The van der Waals surface area contributed by atoms with Crippen molar-refractivity contribution in [2.45, 2.75) is 0 Å². The Morgan fingerprint density at radius 3 is 2.22 bits per heavy atom. The van der Waals surface area contributed by atoms with E-state index in [1.54, 1.807) is 0 Å². The summed E-state index contributed by atoms with van der Waals surface area (Å²) in [6.07, 6.45) is 0.842. The Morgan fingerprint density at radius 1 is 1.11 bits per heavy atom. The van der Waals surface area contributed by atoms with E-state index in [4.69, 9.17) is 4.74 Å². The molecule has 5 nitrogen and oxygen atoms in total. The number of methoxy groups -OCH3 is 2. The quantitative estimate of drug-likeness (QED) is 0.462. The molecule has 0 atom stereocenters. The van der Waals surface area contributed by atoms with Gasteiger partial charge >= 0.3 is 11.9 Å². The normalized spacial score (nSPS) is 10.7. The molecule has 0 saturated carbocycles. The molecule has 0 N–H and O–H groups in total. The lowest BCUT2D eigenvalue weighted by atomic mass is 10.3. The maximum absolute atomic E-state index is 12.7. The Bertz CT molecular complexity index is 464. The largest absolute Gasteiger partial charge is 0.466 e. The van der Waals surface area contributed by atoms with Crippen molar-refractivity contribution >= 4 is 11.9 Å². The maximum atomic E-state index is 12.7. The molecule has 0 aromatic heterocycles. The third-order valence-electron chi connectivity index (χ3n) is 1.88. The second kappa shape index (κ2) is 6.39. The van der Waals surface area contributed by atoms with E-state index in [0.717, 1.165) is 32.4 Å². The molecule has 0 saturated heterocycles. The number of carbonyl (C=O) groups is 2. The number of carbonyl (C=O) groups excluding carboxylic acids is 2. The topological polar surface area (TPSA) is 61.8 Å². The van der Waals surface area contributed by atoms with Crippen LogP contribution >= 0.6 is 0 Å². The molecule has 0 spiro atoms. The van der Waals surface area contributed by atoms with Crippen molar-refractivity contribution in [3.63, 3.8) is 0 Å². The minimum atomic E-state index is -0.843. The van der Waals surface area contributed by atoms with Gasteiger partial charge in [0.05, 0.1) is 20.3 Å². The van der Waals surface area contributed by atoms with Crippen molar-refractivity contribution in [1.29, 1.82) is 0 Å². The molecule has 0 fully saturated rings. The average molecular weight is 254 g/mol. The van der Waals surface area contributed by atoms with E-state index < -0.39 is 17.8 Å². The van der Waals surface area contributed by atoms with Gasteiger partial charge in [0.1, 0.15) is 11.6 Å². The van der Waals surface area contributed by atoms with Gasteiger partial charge in [0.25, 0.3) is 0 Å². The van der Waals surface area contributed by atoms with Crippen molar-refractivity contribution < 1.29 is 28.2 Å². The SMILES string of the molecule is COC(=O)C=C(Oc1ccc(F)cc1)C(=O)OC. The number of ether oxygens (including phenoxy) is 3. The summed E-state index contributed by atoms with van der Waals surface area (Å²) in [4.78, 5) is 22.4. The molecule has 0 heterocycles. The monoisotopic (exact) mass is 254 g/mol. The van der Waals surface area contributed by atoms with Crippen molar-refractivity contribution in [3.05, 3.63) is 41.9 Å². The fraction of sp³-hybridized carbons (Fsp3) is 0.167. The summed E-state index contributed by atoms with van der Waals surface area (Å²) in [6.45, 7) is 0. The van der Waals surface area contributed by atoms with Gasteiger partial charge in [-0.25, -0.2) is 14.0 Å². The molecule has 18 heavy (non-hydrogen) atoms.